The fraction of sp³-hybridized carbons (Fsp3) is 0. The van der Waals surface area contributed by atoms with Crippen LogP contribution in [0.5, 0.6) is 23.0 Å². The van der Waals surface area contributed by atoms with Crippen molar-refractivity contribution in [3.05, 3.63) is 119 Å². The van der Waals surface area contributed by atoms with Crippen molar-refractivity contribution in [3.8, 4) is 23.0 Å². The van der Waals surface area contributed by atoms with Crippen LogP contribution >= 0.6 is 0 Å². The monoisotopic (exact) mass is 484 g/mol. The van der Waals surface area contributed by atoms with Crippen LogP contribution in [0.2, 0.25) is 0 Å². The summed E-state index contributed by atoms with van der Waals surface area (Å²) in [5, 5.41) is 46.7. The van der Waals surface area contributed by atoms with Gasteiger partial charge in [-0.25, -0.2) is 0 Å². The average molecular weight is 484 g/mol. The maximum absolute atomic E-state index is 11.7. The van der Waals surface area contributed by atoms with E-state index in [9.17, 15) is 20.4 Å². The minimum Gasteiger partial charge on any atom is -0.872 e. The fourth-order valence-corrected chi connectivity index (χ4v) is 3.40. The minimum atomic E-state index is -0.110. The first-order valence-corrected chi connectivity index (χ1v) is 9.35. The maximum Gasteiger partial charge on any atom is 1.00 e. The van der Waals surface area contributed by atoms with E-state index in [-0.39, 0.29) is 141 Å². The molecular weight excluding hydrogens is 468 g/mol. The molecule has 0 spiro atoms. The first-order valence-electron chi connectivity index (χ1n) is 9.35. The smallest absolute Gasteiger partial charge is 0.872 e. The molecule has 0 bridgehead atoms. The van der Waals surface area contributed by atoms with Crippen LogP contribution in [-0.4, -0.2) is 0 Å². The van der Waals surface area contributed by atoms with Crippen LogP contribution in [0.25, 0.3) is 11.1 Å². The van der Waals surface area contributed by atoms with E-state index in [2.05, 4.69) is 0 Å². The van der Waals surface area contributed by atoms with Gasteiger partial charge in [-0.05, 0) is 33.4 Å². The second-order valence-electron chi connectivity index (χ2n) is 6.85. The van der Waals surface area contributed by atoms with Gasteiger partial charge >= 0.3 is 118 Å². The Morgan fingerprint density at radius 3 is 0.588 bits per heavy atom. The van der Waals surface area contributed by atoms with Crippen LogP contribution < -0.4 is 139 Å². The molecule has 0 aromatic heterocycles. The molecule has 0 N–H and O–H groups in total. The summed E-state index contributed by atoms with van der Waals surface area (Å²) in [6, 6.07) is 25.7. The van der Waals surface area contributed by atoms with Gasteiger partial charge in [-0.15, -0.1) is 23.0 Å². The van der Waals surface area contributed by atoms with Gasteiger partial charge < -0.3 is 20.4 Å². The first-order chi connectivity index (χ1) is 14.5. The Hall–Kier alpha value is -0.180. The van der Waals surface area contributed by atoms with E-state index in [0.717, 1.165) is 33.4 Å². The third-order valence-corrected chi connectivity index (χ3v) is 4.82. The van der Waals surface area contributed by atoms with Gasteiger partial charge in [0, 0.05) is 0 Å². The molecule has 0 amide bonds. The molecule has 0 aliphatic rings. The van der Waals surface area contributed by atoms with E-state index in [1.807, 2.05) is 0 Å². The summed E-state index contributed by atoms with van der Waals surface area (Å²) in [6.07, 6.45) is 0. The molecular formula is C26H16Na4O4. The zero-order valence-corrected chi connectivity index (χ0v) is 27.9. The van der Waals surface area contributed by atoms with E-state index in [1.54, 1.807) is 48.5 Å². The second kappa shape index (κ2) is 15.8. The molecule has 4 rings (SSSR count). The Morgan fingerprint density at radius 1 is 0.294 bits per heavy atom. The van der Waals surface area contributed by atoms with Gasteiger partial charge in [-0.1, -0.05) is 97.1 Å². The summed E-state index contributed by atoms with van der Waals surface area (Å²) in [6.45, 7) is 0. The van der Waals surface area contributed by atoms with Gasteiger partial charge in [0.15, 0.2) is 0 Å². The SMILES string of the molecule is [Na+].[Na+].[Na+].[Na+].[O-]c1ccc(C(=C(c2ccc([O-])cc2)c2ccc([O-])cc2)c2ccc([O-])cc2)cc1. The summed E-state index contributed by atoms with van der Waals surface area (Å²) in [4.78, 5) is 0. The third-order valence-electron chi connectivity index (χ3n) is 4.82. The standard InChI is InChI=1S/C26H20O4.4Na/c27-21-9-1-17(2-10-21)25(18-3-11-22(28)12-4-18)26(19-5-13-23(29)14-6-19)20-7-15-24(30)16-8-20;;;;/h1-16,27-30H;;;;/q;4*+1/p-4. The number of benzene rings is 4. The topological polar surface area (TPSA) is 92.2 Å². The van der Waals surface area contributed by atoms with Crippen molar-refractivity contribution in [2.24, 2.45) is 0 Å². The van der Waals surface area contributed by atoms with Gasteiger partial charge in [0.2, 0.25) is 0 Å². The van der Waals surface area contributed by atoms with Crippen LogP contribution in [0.4, 0.5) is 0 Å². The van der Waals surface area contributed by atoms with Crippen molar-refractivity contribution in [1.82, 2.24) is 0 Å². The molecule has 0 saturated heterocycles. The molecule has 4 aromatic rings. The molecule has 0 radical (unpaired) electrons. The normalized spacial score (nSPS) is 9.29. The molecule has 0 atom stereocenters. The second-order valence-corrected chi connectivity index (χ2v) is 6.85. The molecule has 4 nitrogen and oxygen atoms in total. The molecule has 0 saturated carbocycles. The van der Waals surface area contributed by atoms with Crippen molar-refractivity contribution >= 4 is 11.1 Å². The molecule has 148 valence electrons. The van der Waals surface area contributed by atoms with Gasteiger partial charge in [0.05, 0.1) is 0 Å². The zero-order valence-electron chi connectivity index (χ0n) is 19.9. The Morgan fingerprint density at radius 2 is 0.441 bits per heavy atom. The van der Waals surface area contributed by atoms with Crippen LogP contribution in [0.1, 0.15) is 22.3 Å². The third kappa shape index (κ3) is 8.45. The molecule has 4 aromatic carbocycles. The average Bonchev–Trinajstić information content (AvgIpc) is 2.75. The maximum atomic E-state index is 11.7. The van der Waals surface area contributed by atoms with Crippen molar-refractivity contribution in [2.75, 3.05) is 0 Å². The van der Waals surface area contributed by atoms with Crippen LogP contribution in [0.3, 0.4) is 0 Å². The van der Waals surface area contributed by atoms with E-state index in [1.165, 1.54) is 48.5 Å². The molecule has 0 aliphatic carbocycles. The van der Waals surface area contributed by atoms with Crippen LogP contribution in [-0.2, 0) is 0 Å². The van der Waals surface area contributed by atoms with E-state index >= 15 is 0 Å². The van der Waals surface area contributed by atoms with Crippen molar-refractivity contribution < 1.29 is 139 Å². The number of rotatable bonds is 4. The Balaban J connectivity index is 0.00000272. The predicted octanol–water partition coefficient (Wildman–Crippen LogP) is -9.00. The van der Waals surface area contributed by atoms with Crippen LogP contribution in [0.15, 0.2) is 97.1 Å². The van der Waals surface area contributed by atoms with Gasteiger partial charge in [-0.3, -0.25) is 0 Å². The van der Waals surface area contributed by atoms with E-state index in [4.69, 9.17) is 0 Å². The fourth-order valence-electron chi connectivity index (χ4n) is 3.40. The van der Waals surface area contributed by atoms with Gasteiger partial charge in [-0.2, -0.15) is 0 Å². The Bertz CT molecular complexity index is 998. The van der Waals surface area contributed by atoms with Crippen molar-refractivity contribution in [1.29, 1.82) is 0 Å². The summed E-state index contributed by atoms with van der Waals surface area (Å²) in [5.41, 5.74) is 4.68. The summed E-state index contributed by atoms with van der Waals surface area (Å²) in [7, 11) is 0. The summed E-state index contributed by atoms with van der Waals surface area (Å²) in [5.74, 6) is -0.441. The molecule has 8 heteroatoms. The minimum absolute atomic E-state index is 0. The molecule has 0 fully saturated rings. The number of hydrogen-bond acceptors (Lipinski definition) is 4. The Kier molecular flexibility index (Phi) is 15.7. The summed E-state index contributed by atoms with van der Waals surface area (Å²) >= 11 is 0. The Labute approximate surface area is 287 Å². The van der Waals surface area contributed by atoms with Gasteiger partial charge in [0.25, 0.3) is 0 Å². The van der Waals surface area contributed by atoms with E-state index in [0.29, 0.717) is 0 Å². The quantitative estimate of drug-likeness (QED) is 0.213. The largest absolute Gasteiger partial charge is 1.00 e. The number of hydrogen-bond donors (Lipinski definition) is 0. The predicted molar refractivity (Wildman–Crippen MR) is 109 cm³/mol. The van der Waals surface area contributed by atoms with E-state index < -0.39 is 0 Å². The zero-order chi connectivity index (χ0) is 21.1. The van der Waals surface area contributed by atoms with Crippen LogP contribution in [0, 0.1) is 0 Å². The summed E-state index contributed by atoms with van der Waals surface area (Å²) < 4.78 is 0. The molecule has 0 aliphatic heterocycles. The molecule has 0 heterocycles. The van der Waals surface area contributed by atoms with Gasteiger partial charge in [0.1, 0.15) is 0 Å². The molecule has 0 unspecified atom stereocenters. The van der Waals surface area contributed by atoms with Crippen molar-refractivity contribution in [2.45, 2.75) is 0 Å². The molecule has 34 heavy (non-hydrogen) atoms. The van der Waals surface area contributed by atoms with Crippen molar-refractivity contribution in [3.63, 3.8) is 0 Å². The first kappa shape index (κ1) is 33.8.